The Morgan fingerprint density at radius 1 is 1.17 bits per heavy atom. The minimum Gasteiger partial charge on any atom is -0.338 e. The molecule has 3 heterocycles. The zero-order valence-corrected chi connectivity index (χ0v) is 20.8. The van der Waals surface area contributed by atoms with Crippen molar-refractivity contribution in [1.82, 2.24) is 14.8 Å². The molecule has 35 heavy (non-hydrogen) atoms. The minimum atomic E-state index is -4.68. The number of hydrogen-bond acceptors (Lipinski definition) is 4. The third-order valence-corrected chi connectivity index (χ3v) is 7.72. The van der Waals surface area contributed by atoms with E-state index in [1.54, 1.807) is 11.8 Å². The molecule has 5 nitrogen and oxygen atoms in total. The van der Waals surface area contributed by atoms with E-state index in [0.29, 0.717) is 45.3 Å². The maximum absolute atomic E-state index is 13.7. The van der Waals surface area contributed by atoms with Crippen LogP contribution in [-0.2, 0) is 23.9 Å². The first-order valence-electron chi connectivity index (χ1n) is 12.0. The van der Waals surface area contributed by atoms with Gasteiger partial charge in [0, 0.05) is 36.8 Å². The average molecular weight is 506 g/mol. The molecule has 2 aromatic rings. The van der Waals surface area contributed by atoms with Crippen LogP contribution in [0.5, 0.6) is 0 Å². The summed E-state index contributed by atoms with van der Waals surface area (Å²) >= 11 is 1.69. The van der Waals surface area contributed by atoms with Gasteiger partial charge >= 0.3 is 6.18 Å². The van der Waals surface area contributed by atoms with Gasteiger partial charge in [-0.1, -0.05) is 19.4 Å². The normalized spacial score (nSPS) is 20.5. The van der Waals surface area contributed by atoms with E-state index < -0.39 is 35.3 Å². The van der Waals surface area contributed by atoms with Crippen LogP contribution < -0.4 is 0 Å². The van der Waals surface area contributed by atoms with Gasteiger partial charge in [0.25, 0.3) is 5.91 Å². The van der Waals surface area contributed by atoms with Crippen molar-refractivity contribution in [2.75, 3.05) is 19.3 Å². The highest BCUT2D eigenvalue weighted by Crippen LogP contribution is 2.35. The Morgan fingerprint density at radius 2 is 1.97 bits per heavy atom. The summed E-state index contributed by atoms with van der Waals surface area (Å²) in [6, 6.07) is 7.92. The predicted octanol–water partition coefficient (Wildman–Crippen LogP) is 5.43. The number of hydrogen-bond donors (Lipinski definition) is 0. The van der Waals surface area contributed by atoms with Crippen LogP contribution in [0.1, 0.15) is 59.8 Å². The second-order valence-electron chi connectivity index (χ2n) is 9.15. The molecule has 188 valence electrons. The van der Waals surface area contributed by atoms with Gasteiger partial charge < -0.3 is 9.80 Å². The lowest BCUT2D eigenvalue weighted by Crippen LogP contribution is -2.54. The Kier molecular flexibility index (Phi) is 7.73. The molecule has 1 aromatic heterocycles. The molecule has 0 bridgehead atoms. The van der Waals surface area contributed by atoms with Crippen molar-refractivity contribution in [3.63, 3.8) is 0 Å². The van der Waals surface area contributed by atoms with E-state index in [9.17, 15) is 22.8 Å². The largest absolute Gasteiger partial charge is 0.418 e. The maximum Gasteiger partial charge on any atom is 0.418 e. The molecule has 2 aliphatic rings. The Balaban J connectivity index is 1.57. The molecular weight excluding hydrogens is 475 g/mol. The lowest BCUT2D eigenvalue weighted by Gasteiger charge is -2.43. The van der Waals surface area contributed by atoms with Crippen molar-refractivity contribution >= 4 is 23.6 Å². The van der Waals surface area contributed by atoms with E-state index in [1.165, 1.54) is 27.6 Å². The van der Waals surface area contributed by atoms with Gasteiger partial charge in [-0.3, -0.25) is 14.6 Å². The van der Waals surface area contributed by atoms with E-state index in [2.05, 4.69) is 23.2 Å². The van der Waals surface area contributed by atoms with Crippen molar-refractivity contribution in [2.24, 2.45) is 5.92 Å². The van der Waals surface area contributed by atoms with Crippen molar-refractivity contribution in [1.29, 1.82) is 0 Å². The number of halogens is 3. The quantitative estimate of drug-likeness (QED) is 0.509. The number of likely N-dealkylation sites (tertiary alicyclic amines) is 1. The zero-order valence-electron chi connectivity index (χ0n) is 20.0. The topological polar surface area (TPSA) is 53.5 Å². The van der Waals surface area contributed by atoms with E-state index >= 15 is 0 Å². The van der Waals surface area contributed by atoms with Gasteiger partial charge in [0.15, 0.2) is 0 Å². The molecule has 0 radical (unpaired) electrons. The number of pyridine rings is 1. The minimum absolute atomic E-state index is 0.0161. The number of piperidine rings is 1. The van der Waals surface area contributed by atoms with Crippen LogP contribution in [0.25, 0.3) is 0 Å². The second-order valence-corrected chi connectivity index (χ2v) is 10.0. The van der Waals surface area contributed by atoms with Crippen LogP contribution in [-0.4, -0.2) is 52.0 Å². The molecule has 2 atom stereocenters. The maximum atomic E-state index is 13.7. The first-order chi connectivity index (χ1) is 16.7. The second kappa shape index (κ2) is 10.6. The fourth-order valence-electron chi connectivity index (χ4n) is 5.27. The van der Waals surface area contributed by atoms with Crippen LogP contribution in [0, 0.1) is 5.92 Å². The molecule has 2 amide bonds. The number of carbonyl (C=O) groups is 2. The molecule has 0 spiro atoms. The van der Waals surface area contributed by atoms with Crippen molar-refractivity contribution in [3.8, 4) is 0 Å². The molecule has 0 unspecified atom stereocenters. The molecule has 2 aliphatic heterocycles. The lowest BCUT2D eigenvalue weighted by atomic mass is 9.84. The van der Waals surface area contributed by atoms with Gasteiger partial charge in [0.05, 0.1) is 11.5 Å². The number of rotatable bonds is 5. The Morgan fingerprint density at radius 3 is 2.69 bits per heavy atom. The zero-order chi connectivity index (χ0) is 25.2. The fraction of sp³-hybridized carbons (Fsp3) is 0.500. The standard InChI is InChI=1S/C26H30F3N3O2S/c1-3-6-22-20(24(33)31-14-11-17-15-19(35-2)10-9-18(17)16-31)7-5-13-32(22)25(34)23-21(26(27,28)29)8-4-12-30-23/h4,8-10,12,15,20,22H,3,5-7,11,13-14,16H2,1-2H3/t20-,22-/m1/s1. The third-order valence-electron chi connectivity index (χ3n) is 6.99. The summed E-state index contributed by atoms with van der Waals surface area (Å²) in [6.45, 7) is 3.40. The summed E-state index contributed by atoms with van der Waals surface area (Å²) < 4.78 is 40.7. The van der Waals surface area contributed by atoms with Gasteiger partial charge in [0.2, 0.25) is 5.91 Å². The molecule has 1 aromatic carbocycles. The first kappa shape index (κ1) is 25.5. The average Bonchev–Trinajstić information content (AvgIpc) is 2.87. The number of benzene rings is 1. The van der Waals surface area contributed by atoms with Gasteiger partial charge in [-0.15, -0.1) is 11.8 Å². The number of thioether (sulfide) groups is 1. The summed E-state index contributed by atoms with van der Waals surface area (Å²) in [5, 5.41) is 0. The van der Waals surface area contributed by atoms with Crippen molar-refractivity contribution < 1.29 is 22.8 Å². The van der Waals surface area contributed by atoms with Crippen LogP contribution >= 0.6 is 11.8 Å². The van der Waals surface area contributed by atoms with E-state index in [0.717, 1.165) is 18.1 Å². The van der Waals surface area contributed by atoms with Crippen LogP contribution in [0.3, 0.4) is 0 Å². The van der Waals surface area contributed by atoms with E-state index in [1.807, 2.05) is 18.1 Å². The summed E-state index contributed by atoms with van der Waals surface area (Å²) in [5.41, 5.74) is 0.749. The van der Waals surface area contributed by atoms with E-state index in [-0.39, 0.29) is 5.91 Å². The lowest BCUT2D eigenvalue weighted by molar-refractivity contribution is -0.141. The molecule has 1 saturated heterocycles. The number of amides is 2. The summed E-state index contributed by atoms with van der Waals surface area (Å²) in [7, 11) is 0. The van der Waals surface area contributed by atoms with Crippen molar-refractivity contribution in [3.05, 3.63) is 58.9 Å². The van der Waals surface area contributed by atoms with E-state index in [4.69, 9.17) is 0 Å². The number of carbonyl (C=O) groups excluding carboxylic acids is 2. The molecular formula is C26H30F3N3O2S. The number of fused-ring (bicyclic) bond motifs is 1. The van der Waals surface area contributed by atoms with Gasteiger partial charge in [0.1, 0.15) is 5.69 Å². The predicted molar refractivity (Wildman–Crippen MR) is 129 cm³/mol. The SMILES string of the molecule is CCC[C@@H]1[C@H](C(=O)N2CCc3cc(SC)ccc3C2)CCCN1C(=O)c1ncccc1C(F)(F)F. The first-order valence-corrected chi connectivity index (χ1v) is 13.2. The molecule has 0 aliphatic carbocycles. The van der Waals surface area contributed by atoms with Gasteiger partial charge in [-0.2, -0.15) is 13.2 Å². The summed E-state index contributed by atoms with van der Waals surface area (Å²) in [4.78, 5) is 35.4. The van der Waals surface area contributed by atoms with Crippen LogP contribution in [0.4, 0.5) is 13.2 Å². The Labute approximate surface area is 208 Å². The highest BCUT2D eigenvalue weighted by Gasteiger charge is 2.43. The molecule has 0 N–H and O–H groups in total. The summed E-state index contributed by atoms with van der Waals surface area (Å²) in [5.74, 6) is -1.20. The number of nitrogens with zero attached hydrogens (tertiary/aromatic N) is 3. The molecule has 0 saturated carbocycles. The molecule has 1 fully saturated rings. The highest BCUT2D eigenvalue weighted by atomic mass is 32.2. The van der Waals surface area contributed by atoms with Crippen molar-refractivity contribution in [2.45, 2.75) is 62.7 Å². The van der Waals surface area contributed by atoms with Crippen LogP contribution in [0.15, 0.2) is 41.4 Å². The Bertz CT molecular complexity index is 1090. The van der Waals surface area contributed by atoms with Gasteiger partial charge in [-0.25, -0.2) is 0 Å². The highest BCUT2D eigenvalue weighted by molar-refractivity contribution is 7.98. The number of aromatic nitrogens is 1. The third kappa shape index (κ3) is 5.34. The monoisotopic (exact) mass is 505 g/mol. The summed E-state index contributed by atoms with van der Waals surface area (Å²) in [6.07, 6.45) is 1.79. The van der Waals surface area contributed by atoms with Gasteiger partial charge in [-0.05, 0) is 67.3 Å². The molecule has 4 rings (SSSR count). The molecule has 9 heteroatoms. The number of alkyl halides is 3. The smallest absolute Gasteiger partial charge is 0.338 e. The fourth-order valence-corrected chi connectivity index (χ4v) is 5.73. The Hall–Kier alpha value is -2.55. The van der Waals surface area contributed by atoms with Crippen LogP contribution in [0.2, 0.25) is 0 Å².